The summed E-state index contributed by atoms with van der Waals surface area (Å²) in [6, 6.07) is 5.18. The third-order valence-electron chi connectivity index (χ3n) is 2.58. The highest BCUT2D eigenvalue weighted by Crippen LogP contribution is 2.19. The van der Waals surface area contributed by atoms with Crippen molar-refractivity contribution in [3.8, 4) is 5.69 Å². The summed E-state index contributed by atoms with van der Waals surface area (Å²) in [6.07, 6.45) is 3.49. The molecule has 5 nitrogen and oxygen atoms in total. The number of hydrogen-bond acceptors (Lipinski definition) is 3. The lowest BCUT2D eigenvalue weighted by Gasteiger charge is -2.11. The van der Waals surface area contributed by atoms with Gasteiger partial charge in [0.05, 0.1) is 11.3 Å². The highest BCUT2D eigenvalue weighted by molar-refractivity contribution is 5.98. The first kappa shape index (κ1) is 11.2. The Morgan fingerprint density at radius 3 is 2.82 bits per heavy atom. The van der Waals surface area contributed by atoms with Crippen LogP contribution in [0, 0.1) is 6.92 Å². The molecule has 1 heterocycles. The lowest BCUT2D eigenvalue weighted by molar-refractivity contribution is 0.0963. The highest BCUT2D eigenvalue weighted by Gasteiger charge is 2.12. The second-order valence-corrected chi connectivity index (χ2v) is 3.70. The Labute approximate surface area is 99.3 Å². The number of nitrogen functional groups attached to an aromatic ring is 1. The molecule has 2 aromatic rings. The van der Waals surface area contributed by atoms with E-state index in [1.807, 2.05) is 11.5 Å². The number of carbonyl (C=O) groups is 1. The number of anilines is 1. The van der Waals surface area contributed by atoms with Gasteiger partial charge >= 0.3 is 0 Å². The Bertz CT molecular complexity index is 559. The summed E-state index contributed by atoms with van der Waals surface area (Å²) in [6.45, 7) is 1.87. The van der Waals surface area contributed by atoms with Crippen LogP contribution in [0.4, 0.5) is 5.69 Å². The van der Waals surface area contributed by atoms with E-state index < -0.39 is 0 Å². The van der Waals surface area contributed by atoms with Crippen molar-refractivity contribution in [1.29, 1.82) is 0 Å². The van der Waals surface area contributed by atoms with Gasteiger partial charge < -0.3 is 15.6 Å². The van der Waals surface area contributed by atoms with E-state index in [0.717, 1.165) is 11.5 Å². The van der Waals surface area contributed by atoms with Gasteiger partial charge in [0.25, 0.3) is 5.91 Å². The third-order valence-corrected chi connectivity index (χ3v) is 2.58. The van der Waals surface area contributed by atoms with Crippen LogP contribution in [0.3, 0.4) is 0 Å². The molecule has 1 aromatic heterocycles. The van der Waals surface area contributed by atoms with Gasteiger partial charge in [0.15, 0.2) is 0 Å². The summed E-state index contributed by atoms with van der Waals surface area (Å²) in [4.78, 5) is 15.9. The number of nitrogens with one attached hydrogen (secondary N) is 1. The van der Waals surface area contributed by atoms with E-state index in [9.17, 15) is 4.79 Å². The van der Waals surface area contributed by atoms with E-state index in [1.54, 1.807) is 37.6 Å². The molecule has 88 valence electrons. The maximum Gasteiger partial charge on any atom is 0.253 e. The van der Waals surface area contributed by atoms with E-state index in [0.29, 0.717) is 11.3 Å². The van der Waals surface area contributed by atoms with E-state index in [4.69, 9.17) is 5.73 Å². The standard InChI is InChI=1S/C12H14N4O/c1-8-15-5-6-16(8)11-7-9(13)3-4-10(11)12(17)14-2/h3-7H,13H2,1-2H3,(H,14,17). The molecule has 0 aliphatic carbocycles. The summed E-state index contributed by atoms with van der Waals surface area (Å²) < 4.78 is 1.83. The topological polar surface area (TPSA) is 72.9 Å². The van der Waals surface area contributed by atoms with Crippen LogP contribution >= 0.6 is 0 Å². The van der Waals surface area contributed by atoms with Crippen molar-refractivity contribution in [3.05, 3.63) is 42.0 Å². The molecule has 1 amide bonds. The maximum atomic E-state index is 11.8. The van der Waals surface area contributed by atoms with Crippen LogP contribution < -0.4 is 11.1 Å². The van der Waals surface area contributed by atoms with Crippen LogP contribution in [-0.2, 0) is 0 Å². The number of imidazole rings is 1. The van der Waals surface area contributed by atoms with Crippen LogP contribution in [0.1, 0.15) is 16.2 Å². The van der Waals surface area contributed by atoms with Gasteiger partial charge in [-0.3, -0.25) is 4.79 Å². The van der Waals surface area contributed by atoms with Crippen molar-refractivity contribution in [1.82, 2.24) is 14.9 Å². The zero-order valence-corrected chi connectivity index (χ0v) is 9.77. The molecule has 0 atom stereocenters. The molecule has 0 unspecified atom stereocenters. The van der Waals surface area contributed by atoms with Gasteiger partial charge in [0, 0.05) is 25.1 Å². The molecule has 0 bridgehead atoms. The molecular formula is C12H14N4O. The molecule has 0 fully saturated rings. The number of aryl methyl sites for hydroxylation is 1. The molecule has 2 rings (SSSR count). The molecule has 1 aromatic carbocycles. The highest BCUT2D eigenvalue weighted by atomic mass is 16.1. The monoisotopic (exact) mass is 230 g/mol. The Morgan fingerprint density at radius 1 is 1.47 bits per heavy atom. The minimum absolute atomic E-state index is 0.145. The van der Waals surface area contributed by atoms with E-state index in [2.05, 4.69) is 10.3 Å². The Balaban J connectivity index is 2.63. The third kappa shape index (κ3) is 1.99. The van der Waals surface area contributed by atoms with Gasteiger partial charge in [0.1, 0.15) is 5.82 Å². The molecule has 0 spiro atoms. The zero-order valence-electron chi connectivity index (χ0n) is 9.77. The average Bonchev–Trinajstić information content (AvgIpc) is 2.74. The fourth-order valence-electron chi connectivity index (χ4n) is 1.71. The summed E-state index contributed by atoms with van der Waals surface area (Å²) in [5.41, 5.74) is 7.68. The number of hydrogen-bond donors (Lipinski definition) is 2. The number of amides is 1. The molecule has 3 N–H and O–H groups in total. The average molecular weight is 230 g/mol. The molecule has 0 saturated carbocycles. The molecular weight excluding hydrogens is 216 g/mol. The maximum absolute atomic E-state index is 11.8. The summed E-state index contributed by atoms with van der Waals surface area (Å²) in [7, 11) is 1.60. The van der Waals surface area contributed by atoms with E-state index in [1.165, 1.54) is 0 Å². The minimum Gasteiger partial charge on any atom is -0.399 e. The van der Waals surface area contributed by atoms with Crippen LogP contribution in [-0.4, -0.2) is 22.5 Å². The molecule has 5 heteroatoms. The Hall–Kier alpha value is -2.30. The number of aromatic nitrogens is 2. The van der Waals surface area contributed by atoms with Crippen molar-refractivity contribution >= 4 is 11.6 Å². The number of rotatable bonds is 2. The minimum atomic E-state index is -0.145. The second kappa shape index (κ2) is 4.29. The van der Waals surface area contributed by atoms with Gasteiger partial charge in [0.2, 0.25) is 0 Å². The fourth-order valence-corrected chi connectivity index (χ4v) is 1.71. The predicted octanol–water partition coefficient (Wildman–Crippen LogP) is 1.12. The quantitative estimate of drug-likeness (QED) is 0.759. The van der Waals surface area contributed by atoms with E-state index in [-0.39, 0.29) is 5.91 Å². The van der Waals surface area contributed by atoms with Crippen LogP contribution in [0.25, 0.3) is 5.69 Å². The SMILES string of the molecule is CNC(=O)c1ccc(N)cc1-n1ccnc1C. The van der Waals surface area contributed by atoms with Crippen LogP contribution in [0.2, 0.25) is 0 Å². The van der Waals surface area contributed by atoms with Crippen LogP contribution in [0.15, 0.2) is 30.6 Å². The first-order chi connectivity index (χ1) is 8.13. The van der Waals surface area contributed by atoms with Crippen molar-refractivity contribution in [3.63, 3.8) is 0 Å². The second-order valence-electron chi connectivity index (χ2n) is 3.70. The summed E-state index contributed by atoms with van der Waals surface area (Å²) >= 11 is 0. The normalized spacial score (nSPS) is 10.2. The van der Waals surface area contributed by atoms with Gasteiger partial charge in [-0.25, -0.2) is 4.98 Å². The van der Waals surface area contributed by atoms with Gasteiger partial charge in [-0.15, -0.1) is 0 Å². The first-order valence-electron chi connectivity index (χ1n) is 5.25. The predicted molar refractivity (Wildman–Crippen MR) is 66.1 cm³/mol. The van der Waals surface area contributed by atoms with Crippen molar-refractivity contribution in [2.75, 3.05) is 12.8 Å². The lowest BCUT2D eigenvalue weighted by Crippen LogP contribution is -2.20. The van der Waals surface area contributed by atoms with Crippen LogP contribution in [0.5, 0.6) is 0 Å². The molecule has 0 aliphatic rings. The summed E-state index contributed by atoms with van der Waals surface area (Å²) in [5, 5.41) is 2.61. The largest absolute Gasteiger partial charge is 0.399 e. The summed E-state index contributed by atoms with van der Waals surface area (Å²) in [5.74, 6) is 0.661. The number of benzene rings is 1. The molecule has 17 heavy (non-hydrogen) atoms. The molecule has 0 radical (unpaired) electrons. The number of nitrogens with two attached hydrogens (primary N) is 1. The van der Waals surface area contributed by atoms with E-state index >= 15 is 0 Å². The lowest BCUT2D eigenvalue weighted by atomic mass is 10.1. The van der Waals surface area contributed by atoms with Crippen molar-refractivity contribution in [2.24, 2.45) is 0 Å². The molecule has 0 saturated heterocycles. The number of nitrogens with zero attached hydrogens (tertiary/aromatic N) is 2. The fraction of sp³-hybridized carbons (Fsp3) is 0.167. The van der Waals surface area contributed by atoms with Gasteiger partial charge in [-0.05, 0) is 25.1 Å². The Kier molecular flexibility index (Phi) is 2.82. The number of carbonyl (C=O) groups excluding carboxylic acids is 1. The molecule has 0 aliphatic heterocycles. The smallest absolute Gasteiger partial charge is 0.253 e. The van der Waals surface area contributed by atoms with Gasteiger partial charge in [-0.1, -0.05) is 0 Å². The van der Waals surface area contributed by atoms with Crippen molar-refractivity contribution < 1.29 is 4.79 Å². The van der Waals surface area contributed by atoms with Crippen molar-refractivity contribution in [2.45, 2.75) is 6.92 Å². The van der Waals surface area contributed by atoms with Gasteiger partial charge in [-0.2, -0.15) is 0 Å². The Morgan fingerprint density at radius 2 is 2.24 bits per heavy atom. The first-order valence-corrected chi connectivity index (χ1v) is 5.25. The zero-order chi connectivity index (χ0) is 12.4.